The minimum atomic E-state index is -0.690. The van der Waals surface area contributed by atoms with Crippen molar-refractivity contribution in [1.29, 1.82) is 0 Å². The number of amides is 1. The number of aromatic nitrogens is 2. The normalized spacial score (nSPS) is 18.2. The fraction of sp³-hybridized carbons (Fsp3) is 0.320. The Balaban J connectivity index is 0.00000304. The van der Waals surface area contributed by atoms with Gasteiger partial charge < -0.3 is 21.3 Å². The molecule has 2 aromatic carbocycles. The van der Waals surface area contributed by atoms with Gasteiger partial charge in [0.15, 0.2) is 11.6 Å². The van der Waals surface area contributed by atoms with Crippen LogP contribution in [0.15, 0.2) is 54.9 Å². The Hall–Kier alpha value is -2.78. The van der Waals surface area contributed by atoms with E-state index in [4.69, 9.17) is 28.9 Å². The van der Waals surface area contributed by atoms with Crippen LogP contribution in [0.25, 0.3) is 0 Å². The summed E-state index contributed by atoms with van der Waals surface area (Å²) in [5.41, 5.74) is 7.75. The molecule has 3 heterocycles. The fourth-order valence-corrected chi connectivity index (χ4v) is 5.34. The van der Waals surface area contributed by atoms with Gasteiger partial charge in [0.2, 0.25) is 5.91 Å². The number of hydrogen-bond acceptors (Lipinski definition) is 7. The van der Waals surface area contributed by atoms with Gasteiger partial charge in [0.25, 0.3) is 0 Å². The number of hydrogen-bond donors (Lipinski definition) is 3. The predicted molar refractivity (Wildman–Crippen MR) is 148 cm³/mol. The molecule has 1 aromatic heterocycles. The first-order valence-electron chi connectivity index (χ1n) is 11.6. The van der Waals surface area contributed by atoms with Crippen LogP contribution in [-0.2, 0) is 4.79 Å². The first-order chi connectivity index (χ1) is 16.9. The molecule has 0 spiro atoms. The third-order valence-electron chi connectivity index (χ3n) is 6.78. The molecule has 0 bridgehead atoms. The Morgan fingerprint density at radius 3 is 2.42 bits per heavy atom. The van der Waals surface area contributed by atoms with Gasteiger partial charge in [-0.25, -0.2) is 9.97 Å². The summed E-state index contributed by atoms with van der Waals surface area (Å²) in [5, 5.41) is 8.24. The fourth-order valence-electron chi connectivity index (χ4n) is 4.98. The van der Waals surface area contributed by atoms with Crippen molar-refractivity contribution in [3.05, 3.63) is 70.5 Å². The van der Waals surface area contributed by atoms with Gasteiger partial charge in [0, 0.05) is 34.4 Å². The van der Waals surface area contributed by atoms with Crippen LogP contribution in [0, 0.1) is 0 Å². The number of nitrogens with zero attached hydrogens (tertiary/aromatic N) is 4. The Morgan fingerprint density at radius 1 is 1.11 bits per heavy atom. The third kappa shape index (κ3) is 4.66. The number of anilines is 4. The number of rotatable bonds is 6. The van der Waals surface area contributed by atoms with E-state index in [1.165, 1.54) is 0 Å². The van der Waals surface area contributed by atoms with Crippen molar-refractivity contribution in [3.8, 4) is 0 Å². The van der Waals surface area contributed by atoms with E-state index in [9.17, 15) is 4.79 Å². The van der Waals surface area contributed by atoms with E-state index in [1.807, 2.05) is 55.5 Å². The van der Waals surface area contributed by atoms with E-state index in [0.717, 1.165) is 28.6 Å². The minimum Gasteiger partial charge on any atom is -0.368 e. The molecule has 2 aliphatic heterocycles. The molecule has 1 amide bonds. The molecule has 1 unspecified atom stereocenters. The maximum atomic E-state index is 12.2. The molecule has 190 valence electrons. The van der Waals surface area contributed by atoms with Crippen LogP contribution in [0.4, 0.5) is 23.0 Å². The number of carbonyl (C=O) groups is 1. The van der Waals surface area contributed by atoms with Crippen molar-refractivity contribution in [2.45, 2.75) is 31.5 Å². The van der Waals surface area contributed by atoms with Crippen molar-refractivity contribution in [2.75, 3.05) is 34.8 Å². The Labute approximate surface area is 226 Å². The number of benzene rings is 2. The maximum absolute atomic E-state index is 12.2. The first-order valence-corrected chi connectivity index (χ1v) is 12.4. The van der Waals surface area contributed by atoms with E-state index in [-0.39, 0.29) is 24.5 Å². The number of halogens is 3. The highest BCUT2D eigenvalue weighted by Crippen LogP contribution is 2.49. The third-order valence-corrected chi connectivity index (χ3v) is 7.38. The smallest absolute Gasteiger partial charge is 0.237 e. The van der Waals surface area contributed by atoms with Crippen LogP contribution in [-0.4, -0.2) is 41.0 Å². The second-order valence-electron chi connectivity index (χ2n) is 8.77. The van der Waals surface area contributed by atoms with Crippen LogP contribution in [0.1, 0.15) is 31.5 Å². The SMILES string of the molecule is CCNC1(C(N)=O)CCN(c2ncnc3c2NC(c2ccccc2Cl)N3c2ccc(Cl)cc2)CC1.Cl. The number of primary amides is 1. The van der Waals surface area contributed by atoms with Crippen molar-refractivity contribution in [3.63, 3.8) is 0 Å². The number of nitrogens with one attached hydrogen (secondary N) is 2. The molecule has 0 radical (unpaired) electrons. The maximum Gasteiger partial charge on any atom is 0.237 e. The highest BCUT2D eigenvalue weighted by Gasteiger charge is 2.42. The van der Waals surface area contributed by atoms with Gasteiger partial charge in [0.1, 0.15) is 23.7 Å². The predicted octanol–water partition coefficient (Wildman–Crippen LogP) is 4.90. The Bertz CT molecular complexity index is 1230. The Kier molecular flexibility index (Phi) is 7.80. The summed E-state index contributed by atoms with van der Waals surface area (Å²) in [6, 6.07) is 15.4. The molecule has 1 atom stereocenters. The molecule has 0 aliphatic carbocycles. The van der Waals surface area contributed by atoms with E-state index in [0.29, 0.717) is 42.5 Å². The zero-order valence-corrected chi connectivity index (χ0v) is 22.1. The molecular formula is C25H28Cl3N7O. The highest BCUT2D eigenvalue weighted by atomic mass is 35.5. The molecule has 4 N–H and O–H groups in total. The monoisotopic (exact) mass is 547 g/mol. The molecule has 5 rings (SSSR count). The molecule has 0 saturated carbocycles. The van der Waals surface area contributed by atoms with Crippen LogP contribution in [0.5, 0.6) is 0 Å². The summed E-state index contributed by atoms with van der Waals surface area (Å²) in [6.07, 6.45) is 2.49. The number of carbonyl (C=O) groups excluding carboxylic acids is 1. The van der Waals surface area contributed by atoms with Gasteiger partial charge in [-0.1, -0.05) is 48.3 Å². The zero-order chi connectivity index (χ0) is 24.6. The highest BCUT2D eigenvalue weighted by molar-refractivity contribution is 6.31. The Morgan fingerprint density at radius 2 is 1.78 bits per heavy atom. The molecule has 36 heavy (non-hydrogen) atoms. The van der Waals surface area contributed by atoms with Gasteiger partial charge >= 0.3 is 0 Å². The quantitative estimate of drug-likeness (QED) is 0.403. The van der Waals surface area contributed by atoms with Crippen molar-refractivity contribution in [2.24, 2.45) is 5.73 Å². The molecule has 1 saturated heterocycles. The van der Waals surface area contributed by atoms with Crippen molar-refractivity contribution < 1.29 is 4.79 Å². The van der Waals surface area contributed by atoms with E-state index in [2.05, 4.69) is 30.4 Å². The lowest BCUT2D eigenvalue weighted by atomic mass is 9.86. The summed E-state index contributed by atoms with van der Waals surface area (Å²) in [6.45, 7) is 3.94. The summed E-state index contributed by atoms with van der Waals surface area (Å²) in [4.78, 5) is 25.8. The van der Waals surface area contributed by atoms with Gasteiger partial charge in [-0.2, -0.15) is 0 Å². The minimum absolute atomic E-state index is 0. The summed E-state index contributed by atoms with van der Waals surface area (Å²) in [5.74, 6) is 1.23. The first kappa shape index (κ1) is 26.3. The van der Waals surface area contributed by atoms with E-state index in [1.54, 1.807) is 6.33 Å². The molecular weight excluding hydrogens is 521 g/mol. The number of likely N-dealkylation sites (N-methyl/N-ethyl adjacent to an activating group) is 1. The lowest BCUT2D eigenvalue weighted by Crippen LogP contribution is -2.61. The van der Waals surface area contributed by atoms with E-state index < -0.39 is 5.54 Å². The van der Waals surface area contributed by atoms with Gasteiger partial charge in [-0.15, -0.1) is 12.4 Å². The molecule has 11 heteroatoms. The molecule has 1 fully saturated rings. The van der Waals surface area contributed by atoms with Crippen molar-refractivity contribution >= 4 is 64.5 Å². The summed E-state index contributed by atoms with van der Waals surface area (Å²) < 4.78 is 0. The average molecular weight is 549 g/mol. The number of fused-ring (bicyclic) bond motifs is 1. The zero-order valence-electron chi connectivity index (χ0n) is 19.7. The topological polar surface area (TPSA) is 99.4 Å². The molecule has 2 aliphatic rings. The number of piperidine rings is 1. The molecule has 3 aromatic rings. The van der Waals surface area contributed by atoms with Crippen molar-refractivity contribution in [1.82, 2.24) is 15.3 Å². The van der Waals surface area contributed by atoms with Crippen LogP contribution in [0.3, 0.4) is 0 Å². The lowest BCUT2D eigenvalue weighted by molar-refractivity contribution is -0.125. The average Bonchev–Trinajstić information content (AvgIpc) is 3.25. The largest absolute Gasteiger partial charge is 0.368 e. The standard InChI is InChI=1S/C25H27Cl2N7O.ClH/c1-2-31-25(24(28)35)11-13-33(14-12-25)22-20-23(30-15-29-22)34(17-9-7-16(26)8-10-17)21(32-20)18-5-3-4-6-19(18)27;/h3-10,15,21,31-32H,2,11-14H2,1H3,(H2,28,35);1H. The molecule has 8 nitrogen and oxygen atoms in total. The van der Waals surface area contributed by atoms with Gasteiger partial charge in [0.05, 0.1) is 0 Å². The lowest BCUT2D eigenvalue weighted by Gasteiger charge is -2.40. The second kappa shape index (κ2) is 10.7. The van der Waals surface area contributed by atoms with Crippen LogP contribution in [0.2, 0.25) is 10.0 Å². The number of nitrogens with two attached hydrogens (primary N) is 1. The van der Waals surface area contributed by atoms with Crippen LogP contribution >= 0.6 is 35.6 Å². The second-order valence-corrected chi connectivity index (χ2v) is 9.62. The van der Waals surface area contributed by atoms with Crippen LogP contribution < -0.4 is 26.2 Å². The van der Waals surface area contributed by atoms with Gasteiger partial charge in [-0.05, 0) is 49.7 Å². The summed E-state index contributed by atoms with van der Waals surface area (Å²) in [7, 11) is 0. The van der Waals surface area contributed by atoms with Gasteiger partial charge in [-0.3, -0.25) is 9.69 Å². The summed E-state index contributed by atoms with van der Waals surface area (Å²) >= 11 is 12.8. The van der Waals surface area contributed by atoms with E-state index >= 15 is 0 Å².